The number of nitrogens with two attached hydrogens (primary N) is 1. The number of hydrogen-bond acceptors (Lipinski definition) is 3. The van der Waals surface area contributed by atoms with Crippen LogP contribution in [-0.4, -0.2) is 36.9 Å². The highest BCUT2D eigenvalue weighted by atomic mass is 16.1. The Bertz CT molecular complexity index is 114. The fourth-order valence-electron chi connectivity index (χ4n) is 1.06. The molecule has 2 N–H and O–H groups in total. The van der Waals surface area contributed by atoms with Crippen molar-refractivity contribution in [1.82, 2.24) is 4.90 Å². The van der Waals surface area contributed by atoms with Gasteiger partial charge in [0.05, 0.1) is 6.54 Å². The molecule has 1 fully saturated rings. The van der Waals surface area contributed by atoms with Crippen LogP contribution in [0.3, 0.4) is 0 Å². The molecule has 1 aliphatic heterocycles. The number of rotatable bonds is 2. The van der Waals surface area contributed by atoms with Gasteiger partial charge in [-0.1, -0.05) is 0 Å². The minimum Gasteiger partial charge on any atom is -0.329 e. The summed E-state index contributed by atoms with van der Waals surface area (Å²) in [5, 5.41) is 0. The number of Topliss-reactive ketones (excluding diaryl/α,β-unsaturated/α-hetero) is 1. The zero-order valence-corrected chi connectivity index (χ0v) is 5.47. The maximum absolute atomic E-state index is 10.6. The molecule has 0 aromatic rings. The summed E-state index contributed by atoms with van der Waals surface area (Å²) < 4.78 is 0. The van der Waals surface area contributed by atoms with Crippen LogP contribution in [-0.2, 0) is 4.79 Å². The average Bonchev–Trinajstić information content (AvgIpc) is 2.17. The van der Waals surface area contributed by atoms with Crippen LogP contribution in [0.5, 0.6) is 0 Å². The van der Waals surface area contributed by atoms with Gasteiger partial charge in [-0.25, -0.2) is 0 Å². The van der Waals surface area contributed by atoms with Gasteiger partial charge in [-0.15, -0.1) is 0 Å². The Morgan fingerprint density at radius 2 is 2.44 bits per heavy atom. The molecule has 1 rings (SSSR count). The Hall–Kier alpha value is -0.410. The molecule has 0 aromatic heterocycles. The Morgan fingerprint density at radius 3 is 2.89 bits per heavy atom. The minimum atomic E-state index is 0.350. The van der Waals surface area contributed by atoms with Gasteiger partial charge in [0.2, 0.25) is 0 Å². The SMILES string of the molecule is NCCN1CCC(=O)C1. The highest BCUT2D eigenvalue weighted by Crippen LogP contribution is 2.01. The third kappa shape index (κ3) is 1.77. The standard InChI is InChI=1S/C6H12N2O/c7-2-4-8-3-1-6(9)5-8/h1-5,7H2. The second kappa shape index (κ2) is 2.94. The maximum atomic E-state index is 10.6. The van der Waals surface area contributed by atoms with Crippen LogP contribution in [0.15, 0.2) is 0 Å². The van der Waals surface area contributed by atoms with Crippen LogP contribution in [0, 0.1) is 0 Å². The molecule has 1 saturated heterocycles. The number of carbonyl (C=O) groups is 1. The summed E-state index contributed by atoms with van der Waals surface area (Å²) in [7, 11) is 0. The van der Waals surface area contributed by atoms with Crippen LogP contribution >= 0.6 is 0 Å². The van der Waals surface area contributed by atoms with Crippen molar-refractivity contribution in [3.05, 3.63) is 0 Å². The van der Waals surface area contributed by atoms with Gasteiger partial charge < -0.3 is 5.73 Å². The second-order valence-corrected chi connectivity index (χ2v) is 2.35. The van der Waals surface area contributed by atoms with Crippen LogP contribution in [0.1, 0.15) is 6.42 Å². The van der Waals surface area contributed by atoms with E-state index < -0.39 is 0 Å². The molecule has 0 bridgehead atoms. The molecule has 52 valence electrons. The van der Waals surface area contributed by atoms with Crippen molar-refractivity contribution >= 4 is 5.78 Å². The molecule has 0 spiro atoms. The zero-order valence-electron chi connectivity index (χ0n) is 5.47. The van der Waals surface area contributed by atoms with Crippen molar-refractivity contribution in [2.75, 3.05) is 26.2 Å². The van der Waals surface area contributed by atoms with Gasteiger partial charge in [-0.2, -0.15) is 0 Å². The molecule has 1 aliphatic rings. The van der Waals surface area contributed by atoms with Crippen molar-refractivity contribution in [3.8, 4) is 0 Å². The summed E-state index contributed by atoms with van der Waals surface area (Å²) >= 11 is 0. The van der Waals surface area contributed by atoms with E-state index in [9.17, 15) is 4.79 Å². The summed E-state index contributed by atoms with van der Waals surface area (Å²) in [6.07, 6.45) is 0.722. The summed E-state index contributed by atoms with van der Waals surface area (Å²) in [5.74, 6) is 0.350. The van der Waals surface area contributed by atoms with Gasteiger partial charge in [0.25, 0.3) is 0 Å². The Balaban J connectivity index is 2.22. The van der Waals surface area contributed by atoms with E-state index in [2.05, 4.69) is 4.90 Å². The lowest BCUT2D eigenvalue weighted by Gasteiger charge is -2.09. The predicted molar refractivity (Wildman–Crippen MR) is 35.1 cm³/mol. The molecular formula is C6H12N2O. The van der Waals surface area contributed by atoms with E-state index in [0.717, 1.165) is 19.5 Å². The molecule has 0 radical (unpaired) electrons. The first kappa shape index (κ1) is 6.71. The molecule has 0 amide bonds. The fourth-order valence-corrected chi connectivity index (χ4v) is 1.06. The van der Waals surface area contributed by atoms with Gasteiger partial charge in [0.15, 0.2) is 0 Å². The first-order chi connectivity index (χ1) is 4.33. The van der Waals surface area contributed by atoms with Gasteiger partial charge in [0.1, 0.15) is 5.78 Å². The maximum Gasteiger partial charge on any atom is 0.148 e. The second-order valence-electron chi connectivity index (χ2n) is 2.35. The van der Waals surface area contributed by atoms with Crippen molar-refractivity contribution in [3.63, 3.8) is 0 Å². The molecule has 3 heteroatoms. The lowest BCUT2D eigenvalue weighted by Crippen LogP contribution is -2.27. The van der Waals surface area contributed by atoms with E-state index in [1.165, 1.54) is 0 Å². The van der Waals surface area contributed by atoms with Crippen LogP contribution < -0.4 is 5.73 Å². The van der Waals surface area contributed by atoms with E-state index in [1.54, 1.807) is 0 Å². The molecule has 1 heterocycles. The van der Waals surface area contributed by atoms with Crippen molar-refractivity contribution in [2.24, 2.45) is 5.73 Å². The Labute approximate surface area is 54.8 Å². The summed E-state index contributed by atoms with van der Waals surface area (Å²) in [6.45, 7) is 3.06. The zero-order chi connectivity index (χ0) is 6.69. The number of hydrogen-bond donors (Lipinski definition) is 1. The smallest absolute Gasteiger partial charge is 0.148 e. The molecule has 0 aliphatic carbocycles. The molecule has 0 atom stereocenters. The summed E-state index contributed by atoms with van der Waals surface area (Å²) in [4.78, 5) is 12.7. The van der Waals surface area contributed by atoms with E-state index >= 15 is 0 Å². The first-order valence-corrected chi connectivity index (χ1v) is 3.27. The van der Waals surface area contributed by atoms with Crippen molar-refractivity contribution in [1.29, 1.82) is 0 Å². The van der Waals surface area contributed by atoms with Gasteiger partial charge in [-0.3, -0.25) is 9.69 Å². The van der Waals surface area contributed by atoms with Crippen molar-refractivity contribution in [2.45, 2.75) is 6.42 Å². The van der Waals surface area contributed by atoms with Crippen LogP contribution in [0.2, 0.25) is 0 Å². The van der Waals surface area contributed by atoms with E-state index in [4.69, 9.17) is 5.73 Å². The van der Waals surface area contributed by atoms with E-state index in [-0.39, 0.29) is 0 Å². The lowest BCUT2D eigenvalue weighted by molar-refractivity contribution is -0.116. The highest BCUT2D eigenvalue weighted by molar-refractivity contribution is 5.82. The largest absolute Gasteiger partial charge is 0.329 e. The minimum absolute atomic E-state index is 0.350. The first-order valence-electron chi connectivity index (χ1n) is 3.27. The average molecular weight is 128 g/mol. The normalized spacial score (nSPS) is 21.2. The Kier molecular flexibility index (Phi) is 2.19. The van der Waals surface area contributed by atoms with E-state index in [1.807, 2.05) is 0 Å². The van der Waals surface area contributed by atoms with E-state index in [0.29, 0.717) is 18.9 Å². The van der Waals surface area contributed by atoms with Gasteiger partial charge >= 0.3 is 0 Å². The lowest BCUT2D eigenvalue weighted by atomic mass is 10.4. The molecule has 9 heavy (non-hydrogen) atoms. The fraction of sp³-hybridized carbons (Fsp3) is 0.833. The number of ketones is 1. The molecule has 0 saturated carbocycles. The summed E-state index contributed by atoms with van der Waals surface area (Å²) in [6, 6.07) is 0. The third-order valence-electron chi connectivity index (χ3n) is 1.55. The van der Waals surface area contributed by atoms with Gasteiger partial charge in [0, 0.05) is 26.1 Å². The van der Waals surface area contributed by atoms with Crippen LogP contribution in [0.4, 0.5) is 0 Å². The topological polar surface area (TPSA) is 46.3 Å². The summed E-state index contributed by atoms with van der Waals surface area (Å²) in [5.41, 5.74) is 5.30. The van der Waals surface area contributed by atoms with Crippen LogP contribution in [0.25, 0.3) is 0 Å². The highest BCUT2D eigenvalue weighted by Gasteiger charge is 2.17. The number of carbonyl (C=O) groups excluding carboxylic acids is 1. The van der Waals surface area contributed by atoms with Crippen molar-refractivity contribution < 1.29 is 4.79 Å². The molecule has 0 aromatic carbocycles. The Morgan fingerprint density at radius 1 is 1.67 bits per heavy atom. The third-order valence-corrected chi connectivity index (χ3v) is 1.55. The number of nitrogens with zero attached hydrogens (tertiary/aromatic N) is 1. The molecule has 3 nitrogen and oxygen atoms in total. The van der Waals surface area contributed by atoms with Gasteiger partial charge in [-0.05, 0) is 0 Å². The molecular weight excluding hydrogens is 116 g/mol. The predicted octanol–water partition coefficient (Wildman–Crippen LogP) is -0.780. The molecule has 0 unspecified atom stereocenters. The monoisotopic (exact) mass is 128 g/mol. The quantitative estimate of drug-likeness (QED) is 0.530. The number of likely N-dealkylation sites (tertiary alicyclic amines) is 1.